The molecule has 0 aliphatic rings. The minimum absolute atomic E-state index is 0. The van der Waals surface area contributed by atoms with Crippen LogP contribution < -0.4 is 0 Å². The molecule has 0 saturated carbocycles. The monoisotopic (exact) mass is 290 g/mol. The Balaban J connectivity index is 0. The molecule has 0 fully saturated rings. The standard InChI is InChI=1S/CH3.Ir.H2N.2H2S/h1H3;;3*1H2/q-1;;-1;;/p-2. The van der Waals surface area contributed by atoms with Crippen molar-refractivity contribution < 1.29 is 20.1 Å². The number of thiol groups is 2. The summed E-state index contributed by atoms with van der Waals surface area (Å²) in [5.41, 5.74) is 0. The van der Waals surface area contributed by atoms with Crippen LogP contribution in [0.5, 0.6) is 0 Å². The van der Waals surface area contributed by atoms with Gasteiger partial charge in [0.2, 0.25) is 0 Å². The topological polar surface area (TPSA) is 33.5 Å². The van der Waals surface area contributed by atoms with Gasteiger partial charge in [-0.2, -0.15) is 0 Å². The van der Waals surface area contributed by atoms with Crippen LogP contribution in [0.3, 0.4) is 0 Å². The molecule has 0 atom stereocenters. The average Bonchev–Trinajstić information content (AvgIpc) is 0. The molecule has 0 aromatic carbocycles. The van der Waals surface area contributed by atoms with E-state index in [0.29, 0.717) is 0 Å². The summed E-state index contributed by atoms with van der Waals surface area (Å²) in [6.07, 6.45) is 0. The van der Waals surface area contributed by atoms with Gasteiger partial charge in [-0.1, -0.05) is 0 Å². The van der Waals surface area contributed by atoms with Crippen molar-refractivity contribution in [2.24, 2.45) is 0 Å². The third kappa shape index (κ3) is 33.9. The van der Waals surface area contributed by atoms with Crippen molar-refractivity contribution in [1.29, 1.82) is 0 Å². The Bertz CT molecular complexity index is 9.61. The van der Waals surface area contributed by atoms with Crippen molar-refractivity contribution >= 4 is 27.0 Å². The van der Waals surface area contributed by atoms with E-state index < -0.39 is 0 Å². The van der Waals surface area contributed by atoms with Crippen LogP contribution in [0.4, 0.5) is 0 Å². The van der Waals surface area contributed by atoms with E-state index in [1.165, 1.54) is 0 Å². The first-order valence-corrected chi connectivity index (χ1v) is 0. The van der Waals surface area contributed by atoms with Crippen molar-refractivity contribution in [2.75, 3.05) is 0 Å². The van der Waals surface area contributed by atoms with Gasteiger partial charge < -0.3 is 40.6 Å². The van der Waals surface area contributed by atoms with Crippen LogP contribution in [0, 0.1) is 7.43 Å². The quantitative estimate of drug-likeness (QED) is 0.372. The van der Waals surface area contributed by atoms with Gasteiger partial charge in [0, 0.05) is 20.1 Å². The predicted octanol–water partition coefficient (Wildman–Crippen LogP) is 0.625. The van der Waals surface area contributed by atoms with E-state index in [0.717, 1.165) is 0 Å². The summed E-state index contributed by atoms with van der Waals surface area (Å²) in [6, 6.07) is 0. The first kappa shape index (κ1) is 104. The third-order valence-corrected chi connectivity index (χ3v) is 0. The molecule has 0 amide bonds. The van der Waals surface area contributed by atoms with Crippen molar-refractivity contribution in [3.05, 3.63) is 13.6 Å². The molecular formula is CH7IrNS2-4. The van der Waals surface area contributed by atoms with Crippen molar-refractivity contribution in [3.63, 3.8) is 0 Å². The van der Waals surface area contributed by atoms with Gasteiger partial charge >= 0.3 is 0 Å². The summed E-state index contributed by atoms with van der Waals surface area (Å²) in [6.45, 7) is 0. The zero-order valence-electron chi connectivity index (χ0n) is 2.81. The fourth-order valence-electron chi connectivity index (χ4n) is 0. The molecule has 5 heavy (non-hydrogen) atoms. The molecule has 0 aromatic rings. The Hall–Kier alpha value is 1.31. The van der Waals surface area contributed by atoms with Gasteiger partial charge in [-0.3, -0.25) is 0 Å². The van der Waals surface area contributed by atoms with Gasteiger partial charge in [0.15, 0.2) is 0 Å². The van der Waals surface area contributed by atoms with Crippen LogP contribution in [-0.4, -0.2) is 0 Å². The largest absolute Gasteiger partial charge is 0.813 e. The van der Waals surface area contributed by atoms with Gasteiger partial charge in [0.05, 0.1) is 0 Å². The van der Waals surface area contributed by atoms with Gasteiger partial charge in [-0.15, -0.1) is 0 Å². The van der Waals surface area contributed by atoms with Crippen molar-refractivity contribution in [1.82, 2.24) is 0 Å². The second kappa shape index (κ2) is 57.5. The average molecular weight is 289 g/mol. The molecule has 0 aliphatic carbocycles. The Labute approximate surface area is 60.7 Å². The zero-order chi connectivity index (χ0) is 0. The Morgan fingerprint density at radius 2 is 0.800 bits per heavy atom. The summed E-state index contributed by atoms with van der Waals surface area (Å²) in [5, 5.41) is 0. The predicted molar refractivity (Wildman–Crippen MR) is 29.2 cm³/mol. The number of nitrogens with two attached hydrogens (primary N) is 1. The molecule has 41 valence electrons. The molecule has 0 aliphatic heterocycles. The Kier molecular flexibility index (Phi) is 1190. The van der Waals surface area contributed by atoms with E-state index in [9.17, 15) is 0 Å². The molecule has 0 heterocycles. The first-order valence-electron chi connectivity index (χ1n) is 0. The van der Waals surface area contributed by atoms with E-state index in [1.54, 1.807) is 0 Å². The molecule has 0 spiro atoms. The molecule has 0 rings (SSSR count). The van der Waals surface area contributed by atoms with Gasteiger partial charge in [-0.05, 0) is 0 Å². The minimum atomic E-state index is 0. The summed E-state index contributed by atoms with van der Waals surface area (Å²) < 4.78 is 0. The van der Waals surface area contributed by atoms with Gasteiger partial charge in [0.1, 0.15) is 0 Å². The second-order valence-electron chi connectivity index (χ2n) is 0. The fraction of sp³-hybridized carbons (Fsp3) is 0. The van der Waals surface area contributed by atoms with E-state index >= 15 is 0 Å². The van der Waals surface area contributed by atoms with Crippen LogP contribution >= 0.6 is 0 Å². The molecule has 0 saturated heterocycles. The molecule has 0 bridgehead atoms. The molecular weight excluding hydrogens is 282 g/mol. The smallest absolute Gasteiger partial charge is 0 e. The molecule has 0 aromatic heterocycles. The first-order chi connectivity index (χ1) is 0. The number of rotatable bonds is 0. The Morgan fingerprint density at radius 1 is 0.800 bits per heavy atom. The summed E-state index contributed by atoms with van der Waals surface area (Å²) in [5.74, 6) is 0. The second-order valence-corrected chi connectivity index (χ2v) is 0. The summed E-state index contributed by atoms with van der Waals surface area (Å²) in [7, 11) is 0. The van der Waals surface area contributed by atoms with Crippen molar-refractivity contribution in [3.8, 4) is 0 Å². The maximum absolute atomic E-state index is 0. The SMILES string of the molecule is [CH3-].[Ir].[NH2-].[SH-].[SH-]. The third-order valence-electron chi connectivity index (χ3n) is 0. The summed E-state index contributed by atoms with van der Waals surface area (Å²) in [4.78, 5) is 0. The fourth-order valence-corrected chi connectivity index (χ4v) is 0. The van der Waals surface area contributed by atoms with Crippen molar-refractivity contribution in [2.45, 2.75) is 0 Å². The summed E-state index contributed by atoms with van der Waals surface area (Å²) >= 11 is 0. The molecule has 2 N–H and O–H groups in total. The maximum atomic E-state index is 0. The van der Waals surface area contributed by atoms with Gasteiger partial charge in [-0.25, -0.2) is 0 Å². The van der Waals surface area contributed by atoms with E-state index in [-0.39, 0.29) is 60.7 Å². The van der Waals surface area contributed by atoms with Crippen LogP contribution in [-0.2, 0) is 47.1 Å². The normalized spacial score (nSPS) is 0. The molecule has 0 unspecified atom stereocenters. The number of hydrogen-bond donors (Lipinski definition) is 0. The molecule has 1 nitrogen and oxygen atoms in total. The van der Waals surface area contributed by atoms with Gasteiger partial charge in [0.25, 0.3) is 0 Å². The molecule has 1 radical (unpaired) electrons. The van der Waals surface area contributed by atoms with E-state index in [1.807, 2.05) is 0 Å². The zero-order valence-corrected chi connectivity index (χ0v) is 6.99. The van der Waals surface area contributed by atoms with Crippen LogP contribution in [0.15, 0.2) is 0 Å². The van der Waals surface area contributed by atoms with E-state index in [4.69, 9.17) is 0 Å². The minimum Gasteiger partial charge on any atom is -0.813 e. The Morgan fingerprint density at radius 3 is 0.800 bits per heavy atom. The van der Waals surface area contributed by atoms with Crippen LogP contribution in [0.2, 0.25) is 0 Å². The van der Waals surface area contributed by atoms with Crippen LogP contribution in [0.1, 0.15) is 0 Å². The number of hydrogen-bond acceptors (Lipinski definition) is 2. The van der Waals surface area contributed by atoms with E-state index in [2.05, 4.69) is 0 Å². The van der Waals surface area contributed by atoms with Crippen LogP contribution in [0.25, 0.3) is 6.15 Å². The maximum Gasteiger partial charge on any atom is 0 e. The molecule has 4 heteroatoms.